The van der Waals surface area contributed by atoms with Crippen molar-refractivity contribution in [1.29, 1.82) is 0 Å². The number of likely N-dealkylation sites (N-methyl/N-ethyl adjacent to an activating group) is 1. The maximum atomic E-state index is 13.4. The van der Waals surface area contributed by atoms with Crippen LogP contribution in [0, 0.1) is 11.6 Å². The van der Waals surface area contributed by atoms with E-state index in [4.69, 9.17) is 10.8 Å². The van der Waals surface area contributed by atoms with Gasteiger partial charge in [-0.15, -0.1) is 0 Å². The third kappa shape index (κ3) is 2.71. The highest BCUT2D eigenvalue weighted by Crippen LogP contribution is 2.23. The standard InChI is InChI=1S/C9H12F2N2O3S/c1-13(2-3-14)17(15,16)9-5-8(12)6(10)4-7(9)11/h4-5,14H,2-3,12H2,1H3. The third-order valence-corrected chi connectivity index (χ3v) is 4.03. The second-order valence-electron chi connectivity index (χ2n) is 3.35. The largest absolute Gasteiger partial charge is 0.396 e. The van der Waals surface area contributed by atoms with Gasteiger partial charge >= 0.3 is 0 Å². The lowest BCUT2D eigenvalue weighted by atomic mass is 10.3. The smallest absolute Gasteiger partial charge is 0.245 e. The molecule has 0 radical (unpaired) electrons. The van der Waals surface area contributed by atoms with Crippen LogP contribution < -0.4 is 5.73 Å². The summed E-state index contributed by atoms with van der Waals surface area (Å²) in [6.07, 6.45) is 0. The SMILES string of the molecule is CN(CCO)S(=O)(=O)c1cc(N)c(F)cc1F. The molecule has 0 amide bonds. The molecule has 1 aromatic carbocycles. The zero-order valence-corrected chi connectivity index (χ0v) is 9.84. The zero-order chi connectivity index (χ0) is 13.2. The minimum atomic E-state index is -4.12. The van der Waals surface area contributed by atoms with Crippen molar-refractivity contribution in [3.05, 3.63) is 23.8 Å². The average molecular weight is 266 g/mol. The fourth-order valence-corrected chi connectivity index (χ4v) is 2.41. The van der Waals surface area contributed by atoms with Gasteiger partial charge in [-0.2, -0.15) is 4.31 Å². The number of nitrogens with two attached hydrogens (primary N) is 1. The van der Waals surface area contributed by atoms with Crippen molar-refractivity contribution >= 4 is 15.7 Å². The third-order valence-electron chi connectivity index (χ3n) is 2.15. The van der Waals surface area contributed by atoms with Crippen LogP contribution in [-0.4, -0.2) is 38.0 Å². The van der Waals surface area contributed by atoms with E-state index in [-0.39, 0.29) is 6.54 Å². The number of sulfonamides is 1. The summed E-state index contributed by atoms with van der Waals surface area (Å²) in [6, 6.07) is 1.13. The number of nitrogen functional groups attached to an aromatic ring is 1. The molecule has 0 atom stereocenters. The summed E-state index contributed by atoms with van der Waals surface area (Å²) in [7, 11) is -2.95. The van der Waals surface area contributed by atoms with Gasteiger partial charge in [0.25, 0.3) is 0 Å². The number of halogens is 2. The number of aliphatic hydroxyl groups is 1. The fourth-order valence-electron chi connectivity index (χ4n) is 1.17. The Kier molecular flexibility index (Phi) is 4.02. The lowest BCUT2D eigenvalue weighted by Crippen LogP contribution is -2.30. The Balaban J connectivity index is 3.29. The molecule has 0 unspecified atom stereocenters. The van der Waals surface area contributed by atoms with Crippen molar-refractivity contribution in [3.8, 4) is 0 Å². The molecule has 5 nitrogen and oxygen atoms in total. The Morgan fingerprint density at radius 2 is 1.94 bits per heavy atom. The molecule has 0 heterocycles. The molecule has 1 rings (SSSR count). The number of nitrogens with zero attached hydrogens (tertiary/aromatic N) is 1. The van der Waals surface area contributed by atoms with E-state index in [1.54, 1.807) is 0 Å². The van der Waals surface area contributed by atoms with Crippen molar-refractivity contribution in [1.82, 2.24) is 4.31 Å². The van der Waals surface area contributed by atoms with Gasteiger partial charge in [0.15, 0.2) is 0 Å². The first kappa shape index (κ1) is 13.8. The first-order valence-corrected chi connectivity index (χ1v) is 6.06. The number of hydrogen-bond acceptors (Lipinski definition) is 4. The lowest BCUT2D eigenvalue weighted by Gasteiger charge is -2.16. The van der Waals surface area contributed by atoms with Crippen LogP contribution in [0.3, 0.4) is 0 Å². The molecule has 0 spiro atoms. The van der Waals surface area contributed by atoms with Crippen LogP contribution >= 0.6 is 0 Å². The quantitative estimate of drug-likeness (QED) is 0.760. The second kappa shape index (κ2) is 4.94. The molecule has 8 heteroatoms. The highest BCUT2D eigenvalue weighted by atomic mass is 32.2. The Labute approximate surface area is 97.5 Å². The summed E-state index contributed by atoms with van der Waals surface area (Å²) < 4.78 is 50.6. The monoisotopic (exact) mass is 266 g/mol. The summed E-state index contributed by atoms with van der Waals surface area (Å²) in [6.45, 7) is -0.604. The number of aliphatic hydroxyl groups excluding tert-OH is 1. The molecule has 0 aliphatic carbocycles. The van der Waals surface area contributed by atoms with E-state index in [9.17, 15) is 17.2 Å². The Hall–Kier alpha value is -1.25. The zero-order valence-electron chi connectivity index (χ0n) is 9.02. The Bertz CT molecular complexity index is 519. The van der Waals surface area contributed by atoms with Crippen LogP contribution in [-0.2, 0) is 10.0 Å². The van der Waals surface area contributed by atoms with Gasteiger partial charge in [-0.1, -0.05) is 0 Å². The number of hydrogen-bond donors (Lipinski definition) is 2. The molecular weight excluding hydrogens is 254 g/mol. The Morgan fingerprint density at radius 3 is 2.47 bits per heavy atom. The minimum absolute atomic E-state index is 0.195. The van der Waals surface area contributed by atoms with Gasteiger partial charge in [0, 0.05) is 19.7 Å². The van der Waals surface area contributed by atoms with Gasteiger partial charge in [0.2, 0.25) is 10.0 Å². The molecule has 1 aromatic rings. The van der Waals surface area contributed by atoms with E-state index in [1.807, 2.05) is 0 Å². The first-order valence-electron chi connectivity index (χ1n) is 4.62. The summed E-state index contributed by atoms with van der Waals surface area (Å²) in [4.78, 5) is -0.715. The predicted molar refractivity (Wildman–Crippen MR) is 57.7 cm³/mol. The molecular formula is C9H12F2N2O3S. The first-order chi connectivity index (χ1) is 7.80. The molecule has 96 valence electrons. The van der Waals surface area contributed by atoms with Crippen molar-refractivity contribution in [3.63, 3.8) is 0 Å². The van der Waals surface area contributed by atoms with E-state index in [0.717, 1.165) is 4.31 Å². The van der Waals surface area contributed by atoms with E-state index < -0.39 is 38.8 Å². The summed E-state index contributed by atoms with van der Waals surface area (Å²) in [5, 5.41) is 8.63. The van der Waals surface area contributed by atoms with Crippen LogP contribution in [0.2, 0.25) is 0 Å². The van der Waals surface area contributed by atoms with Gasteiger partial charge < -0.3 is 10.8 Å². The molecule has 0 aliphatic rings. The molecule has 0 bridgehead atoms. The van der Waals surface area contributed by atoms with Gasteiger partial charge in [0.1, 0.15) is 16.5 Å². The van der Waals surface area contributed by atoms with E-state index in [2.05, 4.69) is 0 Å². The summed E-state index contributed by atoms with van der Waals surface area (Å²) in [5.74, 6) is -2.24. The Morgan fingerprint density at radius 1 is 1.35 bits per heavy atom. The number of rotatable bonds is 4. The van der Waals surface area contributed by atoms with Crippen molar-refractivity contribution in [2.75, 3.05) is 25.9 Å². The highest BCUT2D eigenvalue weighted by molar-refractivity contribution is 7.89. The number of anilines is 1. The van der Waals surface area contributed by atoms with E-state index >= 15 is 0 Å². The van der Waals surface area contributed by atoms with Crippen molar-refractivity contribution < 1.29 is 22.3 Å². The summed E-state index contributed by atoms with van der Waals surface area (Å²) >= 11 is 0. The lowest BCUT2D eigenvalue weighted by molar-refractivity contribution is 0.266. The van der Waals surface area contributed by atoms with Gasteiger partial charge in [-0.05, 0) is 6.07 Å². The molecule has 0 fully saturated rings. The van der Waals surface area contributed by atoms with Gasteiger partial charge in [0.05, 0.1) is 12.3 Å². The molecule has 0 aromatic heterocycles. The maximum absolute atomic E-state index is 13.4. The maximum Gasteiger partial charge on any atom is 0.245 e. The van der Waals surface area contributed by atoms with Crippen LogP contribution in [0.4, 0.5) is 14.5 Å². The highest BCUT2D eigenvalue weighted by Gasteiger charge is 2.25. The van der Waals surface area contributed by atoms with Crippen molar-refractivity contribution in [2.45, 2.75) is 4.90 Å². The normalized spacial score (nSPS) is 12.1. The van der Waals surface area contributed by atoms with Crippen LogP contribution in [0.5, 0.6) is 0 Å². The van der Waals surface area contributed by atoms with Crippen LogP contribution in [0.25, 0.3) is 0 Å². The predicted octanol–water partition coefficient (Wildman–Crippen LogP) is 0.160. The fraction of sp³-hybridized carbons (Fsp3) is 0.333. The molecule has 17 heavy (non-hydrogen) atoms. The van der Waals surface area contributed by atoms with Crippen LogP contribution in [0.1, 0.15) is 0 Å². The van der Waals surface area contributed by atoms with E-state index in [0.29, 0.717) is 12.1 Å². The molecule has 0 saturated carbocycles. The topological polar surface area (TPSA) is 83.6 Å². The average Bonchev–Trinajstić information content (AvgIpc) is 2.23. The molecule has 0 aliphatic heterocycles. The van der Waals surface area contributed by atoms with Gasteiger partial charge in [-0.25, -0.2) is 17.2 Å². The van der Waals surface area contributed by atoms with E-state index in [1.165, 1.54) is 7.05 Å². The minimum Gasteiger partial charge on any atom is -0.396 e. The molecule has 3 N–H and O–H groups in total. The molecule has 0 saturated heterocycles. The van der Waals surface area contributed by atoms with Crippen molar-refractivity contribution in [2.24, 2.45) is 0 Å². The summed E-state index contributed by atoms with van der Waals surface area (Å²) in [5.41, 5.74) is 4.73. The van der Waals surface area contributed by atoms with Crippen LogP contribution in [0.15, 0.2) is 17.0 Å². The van der Waals surface area contributed by atoms with Gasteiger partial charge in [-0.3, -0.25) is 0 Å². The number of benzene rings is 1. The second-order valence-corrected chi connectivity index (χ2v) is 5.37.